The fourth-order valence-electron chi connectivity index (χ4n) is 4.02. The van der Waals surface area contributed by atoms with Gasteiger partial charge in [0.1, 0.15) is 5.75 Å². The maximum Gasteiger partial charge on any atom is 0.119 e. The van der Waals surface area contributed by atoms with Crippen LogP contribution in [0.15, 0.2) is 24.3 Å². The van der Waals surface area contributed by atoms with Gasteiger partial charge in [0, 0.05) is 31.7 Å². The largest absolute Gasteiger partial charge is 0.493 e. The van der Waals surface area contributed by atoms with E-state index in [-0.39, 0.29) is 0 Å². The second kappa shape index (κ2) is 7.85. The minimum atomic E-state index is 0.332. The predicted molar refractivity (Wildman–Crippen MR) is 97.1 cm³/mol. The number of ether oxygens (including phenoxy) is 2. The summed E-state index contributed by atoms with van der Waals surface area (Å²) >= 11 is 0. The summed E-state index contributed by atoms with van der Waals surface area (Å²) in [5.74, 6) is 1.56. The number of piperidine rings is 1. The van der Waals surface area contributed by atoms with Gasteiger partial charge in [-0.15, -0.1) is 0 Å². The summed E-state index contributed by atoms with van der Waals surface area (Å²) in [4.78, 5) is 2.61. The molecular weight excluding hydrogens is 300 g/mol. The monoisotopic (exact) mass is 332 g/mol. The van der Waals surface area contributed by atoms with Gasteiger partial charge in [-0.1, -0.05) is 25.5 Å². The lowest BCUT2D eigenvalue weighted by molar-refractivity contribution is 0.00381. The Bertz CT molecular complexity index is 530. The summed E-state index contributed by atoms with van der Waals surface area (Å²) in [6.45, 7) is 7.15. The van der Waals surface area contributed by atoms with Crippen molar-refractivity contribution >= 4 is 0 Å². The predicted octanol–water partition coefficient (Wildman–Crippen LogP) is 3.05. The number of rotatable bonds is 7. The van der Waals surface area contributed by atoms with Gasteiger partial charge in [0.05, 0.1) is 13.2 Å². The summed E-state index contributed by atoms with van der Waals surface area (Å²) < 4.78 is 11.4. The summed E-state index contributed by atoms with van der Waals surface area (Å²) in [6.07, 6.45) is 5.01. The van der Waals surface area contributed by atoms with Crippen LogP contribution in [0, 0.1) is 11.3 Å². The standard InChI is InChI=1S/C20H32N2O2/c1-16-12-22(10-7-19(16)21)14-20(8-4-9-20)15-24-18-6-3-5-17(11-18)13-23-2/h3,5-6,11,16,19H,4,7-10,12-15,21H2,1-2H3. The highest BCUT2D eigenvalue weighted by atomic mass is 16.5. The van der Waals surface area contributed by atoms with Crippen molar-refractivity contribution in [1.82, 2.24) is 4.90 Å². The van der Waals surface area contributed by atoms with Gasteiger partial charge in [0.15, 0.2) is 0 Å². The molecule has 2 unspecified atom stereocenters. The molecule has 24 heavy (non-hydrogen) atoms. The highest BCUT2D eigenvalue weighted by Crippen LogP contribution is 2.42. The van der Waals surface area contributed by atoms with Crippen LogP contribution in [0.5, 0.6) is 5.75 Å². The van der Waals surface area contributed by atoms with Crippen molar-refractivity contribution < 1.29 is 9.47 Å². The third-order valence-electron chi connectivity index (χ3n) is 5.78. The van der Waals surface area contributed by atoms with Gasteiger partial charge in [-0.3, -0.25) is 0 Å². The van der Waals surface area contributed by atoms with E-state index >= 15 is 0 Å². The fourth-order valence-corrected chi connectivity index (χ4v) is 4.02. The van der Waals surface area contributed by atoms with Crippen LogP contribution in [-0.4, -0.2) is 44.3 Å². The van der Waals surface area contributed by atoms with Crippen molar-refractivity contribution in [2.75, 3.05) is 33.4 Å². The van der Waals surface area contributed by atoms with Crippen LogP contribution in [0.3, 0.4) is 0 Å². The maximum atomic E-state index is 6.18. The van der Waals surface area contributed by atoms with E-state index in [0.717, 1.165) is 44.0 Å². The average molecular weight is 332 g/mol. The fraction of sp³-hybridized carbons (Fsp3) is 0.700. The van der Waals surface area contributed by atoms with E-state index in [1.807, 2.05) is 12.1 Å². The van der Waals surface area contributed by atoms with E-state index in [1.54, 1.807) is 7.11 Å². The van der Waals surface area contributed by atoms with Gasteiger partial charge in [-0.2, -0.15) is 0 Å². The van der Waals surface area contributed by atoms with Gasteiger partial charge in [-0.25, -0.2) is 0 Å². The zero-order valence-corrected chi connectivity index (χ0v) is 15.2. The number of methoxy groups -OCH3 is 1. The molecule has 2 aliphatic rings. The molecule has 0 aromatic heterocycles. The molecule has 2 N–H and O–H groups in total. The summed E-state index contributed by atoms with van der Waals surface area (Å²) in [5.41, 5.74) is 7.66. The molecule has 0 radical (unpaired) electrons. The van der Waals surface area contributed by atoms with E-state index in [2.05, 4.69) is 24.0 Å². The molecule has 1 saturated carbocycles. The maximum absolute atomic E-state index is 6.18. The van der Waals surface area contributed by atoms with Gasteiger partial charge >= 0.3 is 0 Å². The summed E-state index contributed by atoms with van der Waals surface area (Å²) in [7, 11) is 1.72. The topological polar surface area (TPSA) is 47.7 Å². The van der Waals surface area contributed by atoms with Crippen LogP contribution < -0.4 is 10.5 Å². The van der Waals surface area contributed by atoms with Crippen molar-refractivity contribution in [2.45, 2.75) is 45.3 Å². The number of hydrogen-bond donors (Lipinski definition) is 1. The minimum absolute atomic E-state index is 0.332. The number of nitrogens with two attached hydrogens (primary N) is 1. The molecule has 134 valence electrons. The Morgan fingerprint density at radius 3 is 2.83 bits per heavy atom. The molecule has 3 rings (SSSR count). The van der Waals surface area contributed by atoms with Gasteiger partial charge in [0.2, 0.25) is 0 Å². The van der Waals surface area contributed by atoms with Crippen LogP contribution in [0.1, 0.15) is 38.2 Å². The zero-order valence-electron chi connectivity index (χ0n) is 15.2. The molecule has 4 nitrogen and oxygen atoms in total. The molecule has 2 atom stereocenters. The molecule has 1 heterocycles. The number of hydrogen-bond acceptors (Lipinski definition) is 4. The third-order valence-corrected chi connectivity index (χ3v) is 5.78. The van der Waals surface area contributed by atoms with E-state index < -0.39 is 0 Å². The first-order chi connectivity index (χ1) is 11.6. The molecule has 1 aliphatic heterocycles. The highest BCUT2D eigenvalue weighted by molar-refractivity contribution is 5.28. The molecule has 0 bridgehead atoms. The van der Waals surface area contributed by atoms with Crippen LogP contribution in [-0.2, 0) is 11.3 Å². The number of nitrogens with zero attached hydrogens (tertiary/aromatic N) is 1. The third kappa shape index (κ3) is 4.29. The average Bonchev–Trinajstić information content (AvgIpc) is 2.54. The number of likely N-dealkylation sites (tertiary alicyclic amines) is 1. The lowest BCUT2D eigenvalue weighted by atomic mass is 9.68. The van der Waals surface area contributed by atoms with Gasteiger partial charge in [0.25, 0.3) is 0 Å². The normalized spacial score (nSPS) is 26.8. The van der Waals surface area contributed by atoms with E-state index in [4.69, 9.17) is 15.2 Å². The summed E-state index contributed by atoms with van der Waals surface area (Å²) in [6, 6.07) is 8.64. The van der Waals surface area contributed by atoms with Crippen molar-refractivity contribution in [3.05, 3.63) is 29.8 Å². The first kappa shape index (κ1) is 17.7. The van der Waals surface area contributed by atoms with Gasteiger partial charge in [-0.05, 0) is 49.4 Å². The molecule has 1 saturated heterocycles. The Morgan fingerprint density at radius 1 is 1.33 bits per heavy atom. The first-order valence-corrected chi connectivity index (χ1v) is 9.29. The minimum Gasteiger partial charge on any atom is -0.493 e. The quantitative estimate of drug-likeness (QED) is 0.834. The molecular formula is C20H32N2O2. The lowest BCUT2D eigenvalue weighted by Crippen LogP contribution is -2.52. The van der Waals surface area contributed by atoms with Crippen LogP contribution in [0.2, 0.25) is 0 Å². The molecule has 2 fully saturated rings. The second-order valence-corrected chi connectivity index (χ2v) is 7.89. The van der Waals surface area contributed by atoms with Crippen LogP contribution >= 0.6 is 0 Å². The van der Waals surface area contributed by atoms with E-state index in [0.29, 0.717) is 24.0 Å². The van der Waals surface area contributed by atoms with E-state index in [9.17, 15) is 0 Å². The molecule has 1 aromatic rings. The Labute approximate surface area is 146 Å². The Balaban J connectivity index is 1.55. The van der Waals surface area contributed by atoms with Crippen molar-refractivity contribution in [3.8, 4) is 5.75 Å². The number of benzene rings is 1. The van der Waals surface area contributed by atoms with Crippen molar-refractivity contribution in [1.29, 1.82) is 0 Å². The van der Waals surface area contributed by atoms with E-state index in [1.165, 1.54) is 19.3 Å². The molecule has 1 aromatic carbocycles. The Kier molecular flexibility index (Phi) is 5.80. The Morgan fingerprint density at radius 2 is 2.17 bits per heavy atom. The molecule has 0 amide bonds. The SMILES string of the molecule is COCc1cccc(OCC2(CN3CCC(N)C(C)C3)CCC2)c1. The highest BCUT2D eigenvalue weighted by Gasteiger charge is 2.40. The first-order valence-electron chi connectivity index (χ1n) is 9.29. The zero-order chi connectivity index (χ0) is 17.0. The molecule has 4 heteroatoms. The molecule has 0 spiro atoms. The van der Waals surface area contributed by atoms with Crippen LogP contribution in [0.25, 0.3) is 0 Å². The Hall–Kier alpha value is -1.10. The van der Waals surface area contributed by atoms with Crippen LogP contribution in [0.4, 0.5) is 0 Å². The second-order valence-electron chi connectivity index (χ2n) is 7.89. The van der Waals surface area contributed by atoms with Crippen molar-refractivity contribution in [3.63, 3.8) is 0 Å². The smallest absolute Gasteiger partial charge is 0.119 e. The van der Waals surface area contributed by atoms with Gasteiger partial charge < -0.3 is 20.1 Å². The lowest BCUT2D eigenvalue weighted by Gasteiger charge is -2.47. The molecule has 1 aliphatic carbocycles. The summed E-state index contributed by atoms with van der Waals surface area (Å²) in [5, 5.41) is 0. The van der Waals surface area contributed by atoms with Crippen molar-refractivity contribution in [2.24, 2.45) is 17.1 Å².